The first kappa shape index (κ1) is 19.4. The average molecular weight is 417 g/mol. The van der Waals surface area contributed by atoms with Gasteiger partial charge in [0.2, 0.25) is 0 Å². The van der Waals surface area contributed by atoms with Crippen LogP contribution in [0.25, 0.3) is 21.9 Å². The van der Waals surface area contributed by atoms with Gasteiger partial charge >= 0.3 is 0 Å². The van der Waals surface area contributed by atoms with Crippen molar-refractivity contribution in [2.45, 2.75) is 19.9 Å². The zero-order valence-corrected chi connectivity index (χ0v) is 17.6. The van der Waals surface area contributed by atoms with Gasteiger partial charge in [0, 0.05) is 66.4 Å². The molecule has 7 nitrogen and oxygen atoms in total. The highest BCUT2D eigenvalue weighted by molar-refractivity contribution is 5.98. The van der Waals surface area contributed by atoms with Crippen LogP contribution in [0, 0.1) is 12.7 Å². The van der Waals surface area contributed by atoms with Crippen LogP contribution in [0.1, 0.15) is 11.3 Å². The smallest absolute Gasteiger partial charge is 0.154 e. The molecule has 31 heavy (non-hydrogen) atoms. The van der Waals surface area contributed by atoms with Crippen LogP contribution in [0.15, 0.2) is 42.9 Å². The summed E-state index contributed by atoms with van der Waals surface area (Å²) in [4.78, 5) is 10.9. The number of nitrogen functional groups attached to an aromatic ring is 1. The predicted molar refractivity (Wildman–Crippen MR) is 121 cm³/mol. The van der Waals surface area contributed by atoms with Crippen LogP contribution in [0.4, 0.5) is 21.7 Å². The standard InChI is InChI=1S/C23H24FN7/c1-14-3-5-26-12-18(14)17-9-15-10-20(27-13-19(15)23(25)22(17)24)28-21-11-16-4-6-30(2)7-8-31(16)29-21/h3,5,9-13H,4,6-8,25H2,1-2H3,(H,27,28,29). The highest BCUT2D eigenvalue weighted by Crippen LogP contribution is 2.35. The number of aryl methyl sites for hydroxylation is 1. The Hall–Kier alpha value is -3.52. The van der Waals surface area contributed by atoms with Crippen molar-refractivity contribution in [2.75, 3.05) is 31.2 Å². The third-order valence-electron chi connectivity index (χ3n) is 5.89. The molecule has 3 N–H and O–H groups in total. The Labute approximate surface area is 179 Å². The zero-order valence-electron chi connectivity index (χ0n) is 17.6. The van der Waals surface area contributed by atoms with Gasteiger partial charge in [-0.1, -0.05) is 0 Å². The molecule has 0 amide bonds. The lowest BCUT2D eigenvalue weighted by Crippen LogP contribution is -2.21. The van der Waals surface area contributed by atoms with Gasteiger partial charge in [-0.15, -0.1) is 0 Å². The Balaban J connectivity index is 1.51. The number of likely N-dealkylation sites (N-methyl/N-ethyl adjacent to an activating group) is 1. The summed E-state index contributed by atoms with van der Waals surface area (Å²) in [6, 6.07) is 7.60. The van der Waals surface area contributed by atoms with E-state index in [2.05, 4.69) is 38.4 Å². The van der Waals surface area contributed by atoms with E-state index in [1.54, 1.807) is 24.7 Å². The number of hydrogen-bond donors (Lipinski definition) is 2. The Bertz CT molecular complexity index is 1260. The summed E-state index contributed by atoms with van der Waals surface area (Å²) in [5.41, 5.74) is 9.51. The summed E-state index contributed by atoms with van der Waals surface area (Å²) in [6.45, 7) is 4.78. The summed E-state index contributed by atoms with van der Waals surface area (Å²) in [5.74, 6) is 0.941. The second-order valence-corrected chi connectivity index (χ2v) is 8.06. The maximum absolute atomic E-state index is 15.0. The van der Waals surface area contributed by atoms with Crippen molar-refractivity contribution >= 4 is 28.1 Å². The van der Waals surface area contributed by atoms with Gasteiger partial charge in [-0.3, -0.25) is 9.67 Å². The third kappa shape index (κ3) is 3.59. The minimum absolute atomic E-state index is 0.0904. The lowest BCUT2D eigenvalue weighted by atomic mass is 9.98. The molecule has 4 heterocycles. The SMILES string of the molecule is Cc1ccncc1-c1cc2cc(Nc3cc4n(n3)CCN(C)CC4)ncc2c(N)c1F. The molecule has 0 atom stereocenters. The van der Waals surface area contributed by atoms with Crippen LogP contribution < -0.4 is 11.1 Å². The molecule has 0 fully saturated rings. The van der Waals surface area contributed by atoms with Gasteiger partial charge in [0.1, 0.15) is 5.82 Å². The van der Waals surface area contributed by atoms with E-state index in [4.69, 9.17) is 5.73 Å². The molecule has 0 bridgehead atoms. The van der Waals surface area contributed by atoms with E-state index in [-0.39, 0.29) is 5.69 Å². The summed E-state index contributed by atoms with van der Waals surface area (Å²) < 4.78 is 17.1. The van der Waals surface area contributed by atoms with Crippen molar-refractivity contribution in [3.8, 4) is 11.1 Å². The maximum atomic E-state index is 15.0. The molecule has 8 heteroatoms. The Kier molecular flexibility index (Phi) is 4.78. The number of rotatable bonds is 3. The number of fused-ring (bicyclic) bond motifs is 2. The Morgan fingerprint density at radius 2 is 1.94 bits per heavy atom. The van der Waals surface area contributed by atoms with Crippen LogP contribution in [-0.4, -0.2) is 44.8 Å². The average Bonchev–Trinajstić information content (AvgIpc) is 3.06. The molecule has 1 aromatic carbocycles. The number of hydrogen-bond acceptors (Lipinski definition) is 6. The molecule has 158 valence electrons. The van der Waals surface area contributed by atoms with Gasteiger partial charge in [-0.25, -0.2) is 9.37 Å². The Morgan fingerprint density at radius 3 is 2.77 bits per heavy atom. The van der Waals surface area contributed by atoms with Crippen LogP contribution in [0.3, 0.4) is 0 Å². The van der Waals surface area contributed by atoms with E-state index in [0.29, 0.717) is 16.8 Å². The van der Waals surface area contributed by atoms with Crippen LogP contribution in [-0.2, 0) is 13.0 Å². The molecule has 0 unspecified atom stereocenters. The number of pyridine rings is 2. The molecule has 0 radical (unpaired) electrons. The zero-order chi connectivity index (χ0) is 21.5. The van der Waals surface area contributed by atoms with E-state index in [1.165, 1.54) is 5.69 Å². The number of halogens is 1. The first-order valence-electron chi connectivity index (χ1n) is 10.3. The van der Waals surface area contributed by atoms with Crippen molar-refractivity contribution < 1.29 is 4.39 Å². The van der Waals surface area contributed by atoms with E-state index in [0.717, 1.165) is 48.4 Å². The fraction of sp³-hybridized carbons (Fsp3) is 0.261. The number of aromatic nitrogens is 4. The molecule has 0 saturated heterocycles. The van der Waals surface area contributed by atoms with Crippen molar-refractivity contribution in [1.29, 1.82) is 0 Å². The van der Waals surface area contributed by atoms with Gasteiger partial charge in [-0.2, -0.15) is 5.10 Å². The number of anilines is 3. The fourth-order valence-electron chi connectivity index (χ4n) is 4.03. The predicted octanol–water partition coefficient (Wildman–Crippen LogP) is 3.75. The van der Waals surface area contributed by atoms with E-state index >= 15 is 4.39 Å². The monoisotopic (exact) mass is 417 g/mol. The van der Waals surface area contributed by atoms with Crippen LogP contribution in [0.5, 0.6) is 0 Å². The second kappa shape index (κ2) is 7.63. The summed E-state index contributed by atoms with van der Waals surface area (Å²) in [7, 11) is 2.13. The fourth-order valence-corrected chi connectivity index (χ4v) is 4.03. The summed E-state index contributed by atoms with van der Waals surface area (Å²) >= 11 is 0. The van der Waals surface area contributed by atoms with Gasteiger partial charge in [0.25, 0.3) is 0 Å². The van der Waals surface area contributed by atoms with Gasteiger partial charge in [0.05, 0.1) is 12.2 Å². The van der Waals surface area contributed by atoms with E-state index < -0.39 is 5.82 Å². The highest BCUT2D eigenvalue weighted by atomic mass is 19.1. The lowest BCUT2D eigenvalue weighted by molar-refractivity contribution is 0.337. The maximum Gasteiger partial charge on any atom is 0.154 e. The number of nitrogens with two attached hydrogens (primary N) is 1. The summed E-state index contributed by atoms with van der Waals surface area (Å²) in [5, 5.41) is 9.34. The first-order valence-corrected chi connectivity index (χ1v) is 10.3. The van der Waals surface area contributed by atoms with Crippen LogP contribution in [0.2, 0.25) is 0 Å². The number of benzene rings is 1. The van der Waals surface area contributed by atoms with Crippen molar-refractivity contribution in [2.24, 2.45) is 0 Å². The first-order chi connectivity index (χ1) is 15.0. The van der Waals surface area contributed by atoms with E-state index in [9.17, 15) is 0 Å². The lowest BCUT2D eigenvalue weighted by Gasteiger charge is -2.12. The molecule has 0 saturated carbocycles. The second-order valence-electron chi connectivity index (χ2n) is 8.06. The van der Waals surface area contributed by atoms with Crippen molar-refractivity contribution in [1.82, 2.24) is 24.6 Å². The third-order valence-corrected chi connectivity index (χ3v) is 5.89. The van der Waals surface area contributed by atoms with Crippen LogP contribution >= 0.6 is 0 Å². The molecular weight excluding hydrogens is 393 g/mol. The topological polar surface area (TPSA) is 84.9 Å². The number of nitrogens with zero attached hydrogens (tertiary/aromatic N) is 5. The molecule has 4 aromatic rings. The molecule has 1 aliphatic rings. The normalized spacial score (nSPS) is 14.4. The molecule has 5 rings (SSSR count). The largest absolute Gasteiger partial charge is 0.396 e. The van der Waals surface area contributed by atoms with E-state index in [1.807, 2.05) is 23.7 Å². The van der Waals surface area contributed by atoms with Gasteiger partial charge < -0.3 is 16.0 Å². The minimum Gasteiger partial charge on any atom is -0.396 e. The number of nitrogens with one attached hydrogen (secondary N) is 1. The molecule has 0 spiro atoms. The van der Waals surface area contributed by atoms with Gasteiger partial charge in [-0.05, 0) is 43.1 Å². The molecular formula is C23H24FN7. The molecule has 3 aromatic heterocycles. The Morgan fingerprint density at radius 1 is 1.06 bits per heavy atom. The highest BCUT2D eigenvalue weighted by Gasteiger charge is 2.17. The summed E-state index contributed by atoms with van der Waals surface area (Å²) in [6.07, 6.45) is 5.92. The van der Waals surface area contributed by atoms with Crippen molar-refractivity contribution in [3.63, 3.8) is 0 Å². The van der Waals surface area contributed by atoms with Gasteiger partial charge in [0.15, 0.2) is 11.6 Å². The quantitative estimate of drug-likeness (QED) is 0.494. The minimum atomic E-state index is -0.450. The van der Waals surface area contributed by atoms with Crippen molar-refractivity contribution in [3.05, 3.63) is 59.9 Å². The molecule has 1 aliphatic heterocycles. The molecule has 0 aliphatic carbocycles.